The fraction of sp³-hybridized carbons (Fsp3) is 0.333. The van der Waals surface area contributed by atoms with Crippen molar-refractivity contribution in [3.05, 3.63) is 29.8 Å². The summed E-state index contributed by atoms with van der Waals surface area (Å²) in [6.45, 7) is 1.34. The van der Waals surface area contributed by atoms with Crippen molar-refractivity contribution in [2.75, 3.05) is 0 Å². The number of carbonyl (C=O) groups is 1. The van der Waals surface area contributed by atoms with E-state index < -0.39 is 23.7 Å². The Hall–Kier alpha value is -2.25. The smallest absolute Gasteiger partial charge is 0.478 e. The fourth-order valence-electron chi connectivity index (χ4n) is 1.68. The molecule has 1 atom stereocenters. The van der Waals surface area contributed by atoms with Gasteiger partial charge in [-0.1, -0.05) is 17.3 Å². The Balaban J connectivity index is 2.19. The summed E-state index contributed by atoms with van der Waals surface area (Å²) >= 11 is 0. The zero-order chi connectivity index (χ0) is 15.0. The lowest BCUT2D eigenvalue weighted by Crippen LogP contribution is -2.35. The van der Waals surface area contributed by atoms with Crippen LogP contribution in [0.3, 0.4) is 0 Å². The van der Waals surface area contributed by atoms with Gasteiger partial charge in [0.25, 0.3) is 0 Å². The molecule has 1 unspecified atom stereocenters. The lowest BCUT2D eigenvalue weighted by molar-refractivity contribution is -0.274. The maximum Gasteiger partial charge on any atom is 0.573 e. The van der Waals surface area contributed by atoms with E-state index in [1.165, 1.54) is 19.1 Å². The first kappa shape index (κ1) is 14.2. The van der Waals surface area contributed by atoms with Crippen LogP contribution >= 0.6 is 0 Å². The van der Waals surface area contributed by atoms with E-state index >= 15 is 0 Å². The Labute approximate surface area is 111 Å². The molecular weight excluding hydrogens is 279 g/mol. The predicted molar refractivity (Wildman–Crippen MR) is 61.4 cm³/mol. The van der Waals surface area contributed by atoms with Gasteiger partial charge in [0.05, 0.1) is 5.71 Å². The summed E-state index contributed by atoms with van der Waals surface area (Å²) in [6.07, 6.45) is -4.83. The number of ether oxygens (including phenoxy) is 1. The van der Waals surface area contributed by atoms with Crippen LogP contribution in [0.1, 0.15) is 18.9 Å². The van der Waals surface area contributed by atoms with E-state index in [4.69, 9.17) is 9.94 Å². The molecule has 108 valence electrons. The molecule has 1 aliphatic heterocycles. The number of alkyl halides is 3. The average molecular weight is 289 g/mol. The molecule has 0 saturated carbocycles. The second-order valence-corrected chi connectivity index (χ2v) is 4.42. The fourth-order valence-corrected chi connectivity index (χ4v) is 1.68. The third-order valence-corrected chi connectivity index (χ3v) is 2.72. The quantitative estimate of drug-likeness (QED) is 0.928. The van der Waals surface area contributed by atoms with Crippen LogP contribution in [0.5, 0.6) is 5.75 Å². The Kier molecular flexibility index (Phi) is 3.33. The number of oxime groups is 1. The minimum atomic E-state index is -4.79. The highest BCUT2D eigenvalue weighted by atomic mass is 19.4. The largest absolute Gasteiger partial charge is 0.573 e. The van der Waals surface area contributed by atoms with Crippen molar-refractivity contribution in [2.24, 2.45) is 5.16 Å². The zero-order valence-electron chi connectivity index (χ0n) is 10.3. The Bertz CT molecular complexity index is 570. The van der Waals surface area contributed by atoms with Gasteiger partial charge in [-0.2, -0.15) is 0 Å². The van der Waals surface area contributed by atoms with Gasteiger partial charge in [0.15, 0.2) is 0 Å². The lowest BCUT2D eigenvalue weighted by atomic mass is 9.96. The number of rotatable bonds is 3. The summed E-state index contributed by atoms with van der Waals surface area (Å²) in [6, 6.07) is 5.13. The molecule has 0 aromatic heterocycles. The molecule has 1 heterocycles. The minimum Gasteiger partial charge on any atom is -0.478 e. The normalized spacial score (nSPS) is 22.1. The first-order valence-corrected chi connectivity index (χ1v) is 5.54. The highest BCUT2D eigenvalue weighted by Crippen LogP contribution is 2.29. The minimum absolute atomic E-state index is 0.0438. The van der Waals surface area contributed by atoms with Crippen molar-refractivity contribution in [1.82, 2.24) is 0 Å². The van der Waals surface area contributed by atoms with Gasteiger partial charge in [-0.15, -0.1) is 13.2 Å². The van der Waals surface area contributed by atoms with Crippen LogP contribution in [-0.2, 0) is 9.63 Å². The summed E-state index contributed by atoms with van der Waals surface area (Å²) in [4.78, 5) is 15.8. The molecule has 0 radical (unpaired) electrons. The first-order valence-electron chi connectivity index (χ1n) is 5.54. The van der Waals surface area contributed by atoms with Gasteiger partial charge in [-0.05, 0) is 19.1 Å². The number of hydrogen-bond donors (Lipinski definition) is 1. The number of halogens is 3. The molecule has 0 spiro atoms. The molecule has 1 aromatic rings. The molecule has 20 heavy (non-hydrogen) atoms. The second-order valence-electron chi connectivity index (χ2n) is 4.42. The van der Waals surface area contributed by atoms with Crippen LogP contribution in [0, 0.1) is 0 Å². The molecule has 0 saturated heterocycles. The summed E-state index contributed by atoms with van der Waals surface area (Å²) in [5, 5.41) is 12.6. The third-order valence-electron chi connectivity index (χ3n) is 2.72. The van der Waals surface area contributed by atoms with Crippen molar-refractivity contribution in [3.63, 3.8) is 0 Å². The number of nitrogens with zero attached hydrogens (tertiary/aromatic N) is 1. The first-order chi connectivity index (χ1) is 9.20. The van der Waals surface area contributed by atoms with Crippen LogP contribution in [0.25, 0.3) is 0 Å². The number of benzene rings is 1. The summed E-state index contributed by atoms with van der Waals surface area (Å²) in [7, 11) is 0. The van der Waals surface area contributed by atoms with Crippen molar-refractivity contribution < 1.29 is 32.6 Å². The predicted octanol–water partition coefficient (Wildman–Crippen LogP) is 2.55. The van der Waals surface area contributed by atoms with E-state index in [1.807, 2.05) is 0 Å². The molecule has 5 nitrogen and oxygen atoms in total. The highest BCUT2D eigenvalue weighted by Gasteiger charge is 2.42. The highest BCUT2D eigenvalue weighted by molar-refractivity contribution is 6.04. The molecule has 0 amide bonds. The van der Waals surface area contributed by atoms with Gasteiger partial charge in [0.1, 0.15) is 5.75 Å². The van der Waals surface area contributed by atoms with Crippen molar-refractivity contribution >= 4 is 11.7 Å². The number of carboxylic acid groups (broad SMARTS) is 1. The third kappa shape index (κ3) is 3.01. The van der Waals surface area contributed by atoms with Gasteiger partial charge >= 0.3 is 12.3 Å². The summed E-state index contributed by atoms with van der Waals surface area (Å²) in [5.41, 5.74) is -0.935. The van der Waals surface area contributed by atoms with Crippen LogP contribution in [-0.4, -0.2) is 28.8 Å². The van der Waals surface area contributed by atoms with Crippen LogP contribution in [0.15, 0.2) is 29.4 Å². The van der Waals surface area contributed by atoms with E-state index in [0.29, 0.717) is 5.56 Å². The van der Waals surface area contributed by atoms with Gasteiger partial charge in [0, 0.05) is 12.0 Å². The van der Waals surface area contributed by atoms with Gasteiger partial charge in [0.2, 0.25) is 5.60 Å². The average Bonchev–Trinajstić information content (AvgIpc) is 2.71. The SMILES string of the molecule is CC1(C(=O)O)CC(c2cccc(OC(F)(F)F)c2)=NO1. The molecular formula is C12H10F3NO4. The molecule has 0 bridgehead atoms. The van der Waals surface area contributed by atoms with Crippen LogP contribution in [0.4, 0.5) is 13.2 Å². The lowest BCUT2D eigenvalue weighted by Gasteiger charge is -2.14. The van der Waals surface area contributed by atoms with Crippen LogP contribution < -0.4 is 4.74 Å². The Morgan fingerprint density at radius 3 is 2.75 bits per heavy atom. The Morgan fingerprint density at radius 2 is 2.20 bits per heavy atom. The molecule has 1 aliphatic rings. The van der Waals surface area contributed by atoms with E-state index in [0.717, 1.165) is 12.1 Å². The molecule has 0 aliphatic carbocycles. The number of aliphatic carboxylic acids is 1. The Morgan fingerprint density at radius 1 is 1.50 bits per heavy atom. The maximum atomic E-state index is 12.1. The maximum absolute atomic E-state index is 12.1. The van der Waals surface area contributed by atoms with E-state index in [2.05, 4.69) is 9.89 Å². The molecule has 2 rings (SSSR count). The standard InChI is InChI=1S/C12H10F3NO4/c1-11(10(17)18)6-9(16-20-11)7-3-2-4-8(5-7)19-12(13,14)15/h2-5H,6H2,1H3,(H,17,18). The van der Waals surface area contributed by atoms with Crippen molar-refractivity contribution in [2.45, 2.75) is 25.3 Å². The molecule has 1 N–H and O–H groups in total. The van der Waals surface area contributed by atoms with E-state index in [-0.39, 0.29) is 12.1 Å². The summed E-state index contributed by atoms with van der Waals surface area (Å²) in [5.74, 6) is -1.60. The van der Waals surface area contributed by atoms with Crippen LogP contribution in [0.2, 0.25) is 0 Å². The second kappa shape index (κ2) is 4.69. The van der Waals surface area contributed by atoms with E-state index in [9.17, 15) is 18.0 Å². The summed E-state index contributed by atoms with van der Waals surface area (Å²) < 4.78 is 40.2. The van der Waals surface area contributed by atoms with Gasteiger partial charge in [-0.25, -0.2) is 4.79 Å². The molecule has 0 fully saturated rings. The van der Waals surface area contributed by atoms with Gasteiger partial charge in [-0.3, -0.25) is 0 Å². The molecule has 1 aromatic carbocycles. The van der Waals surface area contributed by atoms with E-state index in [1.54, 1.807) is 0 Å². The number of hydrogen-bond acceptors (Lipinski definition) is 4. The topological polar surface area (TPSA) is 68.1 Å². The molecule has 8 heteroatoms. The van der Waals surface area contributed by atoms with Gasteiger partial charge < -0.3 is 14.7 Å². The van der Waals surface area contributed by atoms with Crippen molar-refractivity contribution in [1.29, 1.82) is 0 Å². The van der Waals surface area contributed by atoms with Crippen molar-refractivity contribution in [3.8, 4) is 5.75 Å². The zero-order valence-corrected chi connectivity index (χ0v) is 10.3. The number of carboxylic acids is 1. The monoisotopic (exact) mass is 289 g/mol.